The van der Waals surface area contributed by atoms with Crippen LogP contribution in [0.1, 0.15) is 427 Å². The maximum atomic E-state index is 13.1. The fourth-order valence-corrected chi connectivity index (χ4v) is 14.1. The zero-order valence-corrected chi connectivity index (χ0v) is 67.3. The first-order chi connectivity index (χ1) is 48.4. The lowest BCUT2D eigenvalue weighted by atomic mass is 9.99. The number of ether oxygens (including phenoxy) is 4. The third kappa shape index (κ3) is 71.7. The van der Waals surface area contributed by atoms with Crippen molar-refractivity contribution in [3.8, 4) is 0 Å². The Morgan fingerprint density at radius 3 is 0.710 bits per heavy atom. The zero-order valence-electron chi connectivity index (χ0n) is 65.5. The normalized spacial score (nSPS) is 14.4. The number of hydrogen-bond donors (Lipinski definition) is 3. The van der Waals surface area contributed by atoms with Crippen LogP contribution in [-0.4, -0.2) is 96.7 Å². The molecule has 0 rings (SSSR count). The van der Waals surface area contributed by atoms with Gasteiger partial charge >= 0.3 is 39.5 Å². The molecule has 0 aromatic carbocycles. The van der Waals surface area contributed by atoms with Crippen molar-refractivity contribution >= 4 is 39.5 Å². The van der Waals surface area contributed by atoms with Gasteiger partial charge in [-0.05, 0) is 37.5 Å². The van der Waals surface area contributed by atoms with Crippen LogP contribution in [0.15, 0.2) is 0 Å². The highest BCUT2D eigenvalue weighted by Gasteiger charge is 2.30. The van der Waals surface area contributed by atoms with E-state index >= 15 is 0 Å². The fraction of sp³-hybridized carbons (Fsp3) is 0.951. The van der Waals surface area contributed by atoms with Gasteiger partial charge in [0.15, 0.2) is 12.2 Å². The third-order valence-electron chi connectivity index (χ3n) is 19.7. The summed E-state index contributed by atoms with van der Waals surface area (Å²) in [6, 6.07) is 0. The van der Waals surface area contributed by atoms with Crippen LogP contribution < -0.4 is 0 Å². The lowest BCUT2D eigenvalue weighted by Gasteiger charge is -2.21. The van der Waals surface area contributed by atoms with Gasteiger partial charge in [0.05, 0.1) is 26.4 Å². The minimum atomic E-state index is -4.96. The number of rotatable bonds is 80. The maximum absolute atomic E-state index is 13.1. The van der Waals surface area contributed by atoms with Crippen molar-refractivity contribution in [1.82, 2.24) is 0 Å². The maximum Gasteiger partial charge on any atom is 0.472 e. The monoisotopic (exact) mass is 1470 g/mol. The van der Waals surface area contributed by atoms with Crippen LogP contribution in [-0.2, 0) is 65.4 Å². The highest BCUT2D eigenvalue weighted by molar-refractivity contribution is 7.47. The Hall–Kier alpha value is -1.94. The highest BCUT2D eigenvalue weighted by atomic mass is 31.2. The summed E-state index contributed by atoms with van der Waals surface area (Å²) in [4.78, 5) is 72.9. The molecule has 0 saturated carbocycles. The summed E-state index contributed by atoms with van der Waals surface area (Å²) in [6.07, 6.45) is 62.4. The summed E-state index contributed by atoms with van der Waals surface area (Å²) < 4.78 is 68.6. The van der Waals surface area contributed by atoms with Crippen LogP contribution in [0.5, 0.6) is 0 Å². The number of hydrogen-bond acceptors (Lipinski definition) is 15. The van der Waals surface area contributed by atoms with Gasteiger partial charge in [-0.1, -0.05) is 375 Å². The van der Waals surface area contributed by atoms with E-state index in [4.69, 9.17) is 37.0 Å². The molecule has 0 aromatic heterocycles. The summed E-state index contributed by atoms with van der Waals surface area (Å²) in [5.41, 5.74) is 0. The molecule has 0 radical (unpaired) electrons. The van der Waals surface area contributed by atoms with E-state index in [1.54, 1.807) is 0 Å². The molecule has 594 valence electrons. The molecule has 0 aliphatic heterocycles. The van der Waals surface area contributed by atoms with Crippen molar-refractivity contribution in [2.24, 2.45) is 11.8 Å². The minimum Gasteiger partial charge on any atom is -0.462 e. The van der Waals surface area contributed by atoms with E-state index in [0.717, 1.165) is 108 Å². The highest BCUT2D eigenvalue weighted by Crippen LogP contribution is 2.45. The number of carbonyl (C=O) groups is 4. The Balaban J connectivity index is 5.19. The molecule has 0 bridgehead atoms. The molecule has 17 nitrogen and oxygen atoms in total. The molecule has 0 aliphatic rings. The molecule has 0 spiro atoms. The number of carbonyl (C=O) groups excluding carboxylic acids is 4. The molecule has 0 amide bonds. The van der Waals surface area contributed by atoms with Crippen LogP contribution in [0, 0.1) is 11.8 Å². The second-order valence-corrected chi connectivity index (χ2v) is 32.6. The molecule has 0 fully saturated rings. The van der Waals surface area contributed by atoms with Gasteiger partial charge in [-0.2, -0.15) is 0 Å². The summed E-state index contributed by atoms with van der Waals surface area (Å²) >= 11 is 0. The minimum absolute atomic E-state index is 0.106. The molecule has 100 heavy (non-hydrogen) atoms. The molecule has 0 aliphatic carbocycles. The lowest BCUT2D eigenvalue weighted by Crippen LogP contribution is -2.30. The molecule has 0 saturated heterocycles. The number of phosphoric ester groups is 2. The van der Waals surface area contributed by atoms with E-state index < -0.39 is 97.5 Å². The van der Waals surface area contributed by atoms with Crippen LogP contribution in [0.25, 0.3) is 0 Å². The van der Waals surface area contributed by atoms with E-state index in [1.807, 2.05) is 0 Å². The van der Waals surface area contributed by atoms with Gasteiger partial charge in [0.1, 0.15) is 19.3 Å². The molecule has 4 unspecified atom stereocenters. The molecule has 19 heteroatoms. The van der Waals surface area contributed by atoms with Crippen molar-refractivity contribution < 1.29 is 80.2 Å². The third-order valence-corrected chi connectivity index (χ3v) is 21.6. The summed E-state index contributed by atoms with van der Waals surface area (Å²) in [5.74, 6) is -0.437. The number of aliphatic hydroxyl groups is 1. The van der Waals surface area contributed by atoms with E-state index in [9.17, 15) is 43.2 Å². The SMILES string of the molecule is CCCCCCCCCCCCCCCCCCC(=O)OC[C@H](COP(=O)(O)OC[C@@H](O)COP(=O)(O)OC[C@@H](COC(=O)CCCCCCCCCC)OC(=O)CCCCCCCCCCCCC(C)CC)OC(=O)CCCCCCCCCCCCCCCCCCCCC(C)CC. The van der Waals surface area contributed by atoms with Crippen LogP contribution >= 0.6 is 15.6 Å². The predicted molar refractivity (Wildman–Crippen MR) is 409 cm³/mol. The number of unbranched alkanes of at least 4 members (excludes halogenated alkanes) is 48. The Bertz CT molecular complexity index is 1930. The predicted octanol–water partition coefficient (Wildman–Crippen LogP) is 24.3. The number of phosphoric acid groups is 2. The van der Waals surface area contributed by atoms with E-state index in [1.165, 1.54) is 238 Å². The van der Waals surface area contributed by atoms with Gasteiger partial charge in [0, 0.05) is 25.7 Å². The average molecular weight is 1470 g/mol. The number of esters is 4. The standard InChI is InChI=1S/C81H158O17P2/c1-7-11-13-15-17-19-20-21-22-28-31-34-40-46-52-58-64-79(84)92-70-77(98-80(85)65-59-53-47-41-35-32-29-26-24-23-25-27-30-33-38-43-49-55-61-73(5)9-3)72-96-100(89,90)94-68-75(82)67-93-99(87,88)95-71-76(69-91-78(83)63-57-51-45-18-16-14-12-8-2)97-81(86)66-60-54-48-42-37-36-39-44-50-56-62-74(6)10-4/h73-77,82H,7-72H2,1-6H3,(H,87,88)(H,89,90)/t73?,74?,75-,76+,77+/m0/s1. The molecule has 0 heterocycles. The molecular weight excluding hydrogens is 1310 g/mol. The van der Waals surface area contributed by atoms with Crippen LogP contribution in [0.3, 0.4) is 0 Å². The summed E-state index contributed by atoms with van der Waals surface area (Å²) in [5, 5.41) is 10.6. The van der Waals surface area contributed by atoms with E-state index in [0.29, 0.717) is 25.7 Å². The Morgan fingerprint density at radius 2 is 0.480 bits per heavy atom. The summed E-state index contributed by atoms with van der Waals surface area (Å²) in [6.45, 7) is 9.70. The largest absolute Gasteiger partial charge is 0.472 e. The van der Waals surface area contributed by atoms with Gasteiger partial charge in [0.25, 0.3) is 0 Å². The first-order valence-corrected chi connectivity index (χ1v) is 45.1. The topological polar surface area (TPSA) is 237 Å². The summed E-state index contributed by atoms with van der Waals surface area (Å²) in [7, 11) is -9.92. The number of aliphatic hydroxyl groups excluding tert-OH is 1. The van der Waals surface area contributed by atoms with Gasteiger partial charge < -0.3 is 33.8 Å². The molecule has 7 atom stereocenters. The van der Waals surface area contributed by atoms with Gasteiger partial charge in [0.2, 0.25) is 0 Å². The molecule has 0 aromatic rings. The zero-order chi connectivity index (χ0) is 73.5. The van der Waals surface area contributed by atoms with Crippen molar-refractivity contribution in [3.63, 3.8) is 0 Å². The lowest BCUT2D eigenvalue weighted by molar-refractivity contribution is -0.161. The molecule has 3 N–H and O–H groups in total. The quantitative estimate of drug-likeness (QED) is 0.0222. The van der Waals surface area contributed by atoms with Crippen LogP contribution in [0.4, 0.5) is 0 Å². The first kappa shape index (κ1) is 98.1. The molecular formula is C81H158O17P2. The van der Waals surface area contributed by atoms with Crippen molar-refractivity contribution in [1.29, 1.82) is 0 Å². The second kappa shape index (κ2) is 72.6. The van der Waals surface area contributed by atoms with Crippen molar-refractivity contribution in [2.45, 2.75) is 445 Å². The van der Waals surface area contributed by atoms with E-state index in [-0.39, 0.29) is 25.7 Å². The Labute approximate surface area is 613 Å². The second-order valence-electron chi connectivity index (χ2n) is 29.6. The Morgan fingerprint density at radius 1 is 0.280 bits per heavy atom. The van der Waals surface area contributed by atoms with Crippen molar-refractivity contribution in [3.05, 3.63) is 0 Å². The van der Waals surface area contributed by atoms with Gasteiger partial charge in [-0.3, -0.25) is 37.3 Å². The van der Waals surface area contributed by atoms with Crippen molar-refractivity contribution in [2.75, 3.05) is 39.6 Å². The fourth-order valence-electron chi connectivity index (χ4n) is 12.5. The Kier molecular flexibility index (Phi) is 71.2. The first-order valence-electron chi connectivity index (χ1n) is 42.1. The average Bonchev–Trinajstić information content (AvgIpc) is 0.940. The van der Waals surface area contributed by atoms with Crippen LogP contribution in [0.2, 0.25) is 0 Å². The van der Waals surface area contributed by atoms with Gasteiger partial charge in [-0.15, -0.1) is 0 Å². The smallest absolute Gasteiger partial charge is 0.462 e. The van der Waals surface area contributed by atoms with E-state index in [2.05, 4.69) is 41.5 Å². The van der Waals surface area contributed by atoms with Gasteiger partial charge in [-0.25, -0.2) is 9.13 Å².